The van der Waals surface area contributed by atoms with Crippen LogP contribution in [-0.4, -0.2) is 76.1 Å². The molecule has 0 N–H and O–H groups in total. The highest BCUT2D eigenvalue weighted by molar-refractivity contribution is 8.26. The lowest BCUT2D eigenvalue weighted by molar-refractivity contribution is -0.135. The summed E-state index contributed by atoms with van der Waals surface area (Å²) in [7, 11) is 0. The maximum Gasteiger partial charge on any atom is 0.266 e. The van der Waals surface area contributed by atoms with Crippen molar-refractivity contribution < 1.29 is 19.1 Å². The molecule has 9 heteroatoms. The van der Waals surface area contributed by atoms with Crippen molar-refractivity contribution in [3.8, 4) is 0 Å². The van der Waals surface area contributed by atoms with Gasteiger partial charge in [0.1, 0.15) is 10.9 Å². The minimum Gasteiger partial charge on any atom is -0.378 e. The van der Waals surface area contributed by atoms with Crippen molar-refractivity contribution in [3.63, 3.8) is 0 Å². The van der Waals surface area contributed by atoms with E-state index in [1.165, 1.54) is 11.8 Å². The molecule has 168 valence electrons. The molecule has 1 aromatic carbocycles. The van der Waals surface area contributed by atoms with Gasteiger partial charge in [0.15, 0.2) is 0 Å². The van der Waals surface area contributed by atoms with Gasteiger partial charge in [-0.05, 0) is 25.0 Å². The van der Waals surface area contributed by atoms with Gasteiger partial charge in [0.05, 0.1) is 30.8 Å². The van der Waals surface area contributed by atoms with Crippen molar-refractivity contribution in [2.24, 2.45) is 0 Å². The summed E-state index contributed by atoms with van der Waals surface area (Å²) >= 11 is 6.81. The third-order valence-electron chi connectivity index (χ3n) is 6.06. The van der Waals surface area contributed by atoms with Gasteiger partial charge in [-0.3, -0.25) is 14.5 Å². The number of thioether (sulfide) groups is 1. The zero-order valence-corrected chi connectivity index (χ0v) is 19.3. The van der Waals surface area contributed by atoms with Crippen LogP contribution in [-0.2, 0) is 25.6 Å². The molecular weight excluding hydrogens is 446 g/mol. The predicted octanol–water partition coefficient (Wildman–Crippen LogP) is 2.88. The van der Waals surface area contributed by atoms with E-state index in [4.69, 9.17) is 21.7 Å². The molecule has 3 aliphatic heterocycles. The number of nitrogens with zero attached hydrogens (tertiary/aromatic N) is 3. The Labute approximate surface area is 196 Å². The Morgan fingerprint density at radius 1 is 1.22 bits per heavy atom. The maximum absolute atomic E-state index is 13.0. The summed E-state index contributed by atoms with van der Waals surface area (Å²) in [6, 6.07) is 7.95. The summed E-state index contributed by atoms with van der Waals surface area (Å²) in [5.41, 5.74) is 1.88. The van der Waals surface area contributed by atoms with E-state index >= 15 is 0 Å². The second kappa shape index (κ2) is 9.35. The molecule has 3 saturated heterocycles. The third-order valence-corrected chi connectivity index (χ3v) is 7.44. The molecule has 2 amide bonds. The number of carbonyl (C=O) groups excluding carboxylic acids is 2. The van der Waals surface area contributed by atoms with Gasteiger partial charge in [0, 0.05) is 42.4 Å². The zero-order valence-electron chi connectivity index (χ0n) is 17.7. The molecular formula is C23H25N3O4S2. The number of ether oxygens (including phenoxy) is 2. The number of rotatable bonds is 5. The molecule has 2 aromatic rings. The van der Waals surface area contributed by atoms with Crippen LogP contribution in [0, 0.1) is 0 Å². The fourth-order valence-electron chi connectivity index (χ4n) is 4.37. The first-order chi connectivity index (χ1) is 15.6. The van der Waals surface area contributed by atoms with Gasteiger partial charge in [-0.1, -0.05) is 42.2 Å². The van der Waals surface area contributed by atoms with Crippen LogP contribution in [0.5, 0.6) is 0 Å². The van der Waals surface area contributed by atoms with E-state index < -0.39 is 0 Å². The van der Waals surface area contributed by atoms with Crippen LogP contribution >= 0.6 is 24.0 Å². The summed E-state index contributed by atoms with van der Waals surface area (Å²) in [5.74, 6) is 0.000199. The number of carbonyl (C=O) groups is 2. The Bertz CT molecular complexity index is 1080. The van der Waals surface area contributed by atoms with Crippen LogP contribution in [0.15, 0.2) is 35.4 Å². The van der Waals surface area contributed by atoms with Crippen LogP contribution < -0.4 is 0 Å². The maximum atomic E-state index is 13.0. The average molecular weight is 472 g/mol. The fraction of sp³-hybridized carbons (Fsp3) is 0.435. The standard InChI is InChI=1S/C23H25N3O4S2/c27-21(24-7-10-29-11-8-24)15-25-13-16(18-5-1-2-6-19(18)25)12-20-22(28)26(23(31)32-20)14-17-4-3-9-30-17/h1-2,5-6,12-13,17H,3-4,7-11,14-15H2/b20-12-/t17-/m1/s1. The minimum atomic E-state index is -0.0725. The smallest absolute Gasteiger partial charge is 0.266 e. The highest BCUT2D eigenvalue weighted by Crippen LogP contribution is 2.35. The third kappa shape index (κ3) is 4.34. The predicted molar refractivity (Wildman–Crippen MR) is 128 cm³/mol. The molecule has 32 heavy (non-hydrogen) atoms. The van der Waals surface area contributed by atoms with Gasteiger partial charge in [0.2, 0.25) is 5.91 Å². The van der Waals surface area contributed by atoms with E-state index in [-0.39, 0.29) is 24.5 Å². The topological polar surface area (TPSA) is 64.0 Å². The number of thiocarbonyl (C=S) groups is 1. The molecule has 5 rings (SSSR count). The summed E-state index contributed by atoms with van der Waals surface area (Å²) in [6.07, 6.45) is 5.89. The molecule has 1 aromatic heterocycles. The van der Waals surface area contributed by atoms with Crippen molar-refractivity contribution in [2.75, 3.05) is 39.5 Å². The molecule has 3 aliphatic rings. The summed E-state index contributed by atoms with van der Waals surface area (Å²) in [5, 5.41) is 1.01. The van der Waals surface area contributed by atoms with Gasteiger partial charge in [-0.15, -0.1) is 0 Å². The number of amides is 2. The van der Waals surface area contributed by atoms with Crippen molar-refractivity contribution in [1.82, 2.24) is 14.4 Å². The SMILES string of the molecule is O=C(Cn1cc(/C=C2\SC(=S)N(C[C@H]3CCCO3)C2=O)c2ccccc21)N1CCOCC1. The van der Waals surface area contributed by atoms with Gasteiger partial charge in [-0.25, -0.2) is 0 Å². The fourth-order valence-corrected chi connectivity index (χ4v) is 5.64. The Morgan fingerprint density at radius 3 is 2.81 bits per heavy atom. The Morgan fingerprint density at radius 2 is 2.03 bits per heavy atom. The van der Waals surface area contributed by atoms with E-state index in [0.717, 1.165) is 35.9 Å². The number of benzene rings is 1. The first-order valence-electron chi connectivity index (χ1n) is 10.9. The Balaban J connectivity index is 1.39. The Hall–Kier alpha value is -2.20. The lowest BCUT2D eigenvalue weighted by atomic mass is 10.1. The molecule has 0 unspecified atom stereocenters. The second-order valence-corrected chi connectivity index (χ2v) is 9.83. The molecule has 0 radical (unpaired) electrons. The van der Waals surface area contributed by atoms with E-state index in [2.05, 4.69) is 0 Å². The first-order valence-corrected chi connectivity index (χ1v) is 12.1. The van der Waals surface area contributed by atoms with Crippen molar-refractivity contribution >= 4 is 57.1 Å². The second-order valence-electron chi connectivity index (χ2n) is 8.15. The van der Waals surface area contributed by atoms with Gasteiger partial charge >= 0.3 is 0 Å². The van der Waals surface area contributed by atoms with Crippen LogP contribution in [0.2, 0.25) is 0 Å². The molecule has 4 heterocycles. The molecule has 0 aliphatic carbocycles. The average Bonchev–Trinajstić information content (AvgIpc) is 3.51. The van der Waals surface area contributed by atoms with Crippen LogP contribution in [0.1, 0.15) is 18.4 Å². The first kappa shape index (κ1) is 21.6. The van der Waals surface area contributed by atoms with Crippen LogP contribution in [0.4, 0.5) is 0 Å². The quantitative estimate of drug-likeness (QED) is 0.494. The monoisotopic (exact) mass is 471 g/mol. The number of fused-ring (bicyclic) bond motifs is 1. The Kier molecular flexibility index (Phi) is 6.32. The molecule has 0 saturated carbocycles. The van der Waals surface area contributed by atoms with E-state index in [9.17, 15) is 9.59 Å². The molecule has 0 bridgehead atoms. The number of morpholine rings is 1. The lowest BCUT2D eigenvalue weighted by Gasteiger charge is -2.27. The van der Waals surface area contributed by atoms with Gasteiger partial charge in [0.25, 0.3) is 5.91 Å². The molecule has 3 fully saturated rings. The minimum absolute atomic E-state index is 0.0602. The summed E-state index contributed by atoms with van der Waals surface area (Å²) < 4.78 is 13.6. The normalized spacial score (nSPS) is 23.1. The van der Waals surface area contributed by atoms with Crippen molar-refractivity contribution in [2.45, 2.75) is 25.5 Å². The van der Waals surface area contributed by atoms with E-state index in [0.29, 0.717) is 42.1 Å². The summed E-state index contributed by atoms with van der Waals surface area (Å²) in [4.78, 5) is 30.0. The van der Waals surface area contributed by atoms with Gasteiger partial charge < -0.3 is 18.9 Å². The molecule has 1 atom stereocenters. The molecule has 0 spiro atoms. The largest absolute Gasteiger partial charge is 0.378 e. The van der Waals surface area contributed by atoms with Crippen molar-refractivity contribution in [3.05, 3.63) is 40.9 Å². The van der Waals surface area contributed by atoms with E-state index in [1.807, 2.05) is 46.0 Å². The highest BCUT2D eigenvalue weighted by Gasteiger charge is 2.34. The number of hydrogen-bond acceptors (Lipinski definition) is 6. The number of aromatic nitrogens is 1. The van der Waals surface area contributed by atoms with E-state index in [1.54, 1.807) is 4.90 Å². The van der Waals surface area contributed by atoms with Crippen molar-refractivity contribution in [1.29, 1.82) is 0 Å². The van der Waals surface area contributed by atoms with Crippen LogP contribution in [0.25, 0.3) is 17.0 Å². The van der Waals surface area contributed by atoms with Gasteiger partial charge in [-0.2, -0.15) is 0 Å². The number of para-hydroxylation sites is 1. The lowest BCUT2D eigenvalue weighted by Crippen LogP contribution is -2.42. The highest BCUT2D eigenvalue weighted by atomic mass is 32.2. The zero-order chi connectivity index (χ0) is 22.1. The van der Waals surface area contributed by atoms with Crippen LogP contribution in [0.3, 0.4) is 0 Å². The summed E-state index contributed by atoms with van der Waals surface area (Å²) in [6.45, 7) is 3.93. The number of hydrogen-bond donors (Lipinski definition) is 0. The molecule has 7 nitrogen and oxygen atoms in total.